The van der Waals surface area contributed by atoms with Crippen LogP contribution in [0.2, 0.25) is 0 Å². The molecule has 1 fully saturated rings. The molecule has 0 atom stereocenters. The van der Waals surface area contributed by atoms with E-state index < -0.39 is 11.9 Å². The molecule has 1 heterocycles. The molecular formula is C16H20N2O4. The van der Waals surface area contributed by atoms with E-state index in [-0.39, 0.29) is 18.2 Å². The number of nitrogens with one attached hydrogen (secondary N) is 2. The molecule has 2 aliphatic rings. The lowest BCUT2D eigenvalue weighted by molar-refractivity contribution is -0.122. The van der Waals surface area contributed by atoms with Gasteiger partial charge in [0.25, 0.3) is 5.91 Å². The molecular weight excluding hydrogens is 284 g/mol. The Morgan fingerprint density at radius 2 is 2.14 bits per heavy atom. The molecule has 0 aromatic heterocycles. The van der Waals surface area contributed by atoms with Gasteiger partial charge in [-0.1, -0.05) is 12.1 Å². The second-order valence-corrected chi connectivity index (χ2v) is 6.37. The van der Waals surface area contributed by atoms with Gasteiger partial charge in [0.05, 0.1) is 0 Å². The third-order valence-electron chi connectivity index (χ3n) is 3.58. The highest BCUT2D eigenvalue weighted by Crippen LogP contribution is 2.41. The summed E-state index contributed by atoms with van der Waals surface area (Å²) >= 11 is 0. The Balaban J connectivity index is 1.55. The molecule has 1 saturated carbocycles. The van der Waals surface area contributed by atoms with Crippen molar-refractivity contribution in [2.45, 2.75) is 44.8 Å². The van der Waals surface area contributed by atoms with E-state index in [1.807, 2.05) is 26.0 Å². The van der Waals surface area contributed by atoms with Crippen LogP contribution in [0.3, 0.4) is 0 Å². The molecule has 0 saturated heterocycles. The summed E-state index contributed by atoms with van der Waals surface area (Å²) in [6.07, 6.45) is 2.75. The summed E-state index contributed by atoms with van der Waals surface area (Å²) < 4.78 is 11.4. The van der Waals surface area contributed by atoms with Gasteiger partial charge in [-0.15, -0.1) is 0 Å². The first-order chi connectivity index (χ1) is 10.4. The number of carbonyl (C=O) groups excluding carboxylic acids is 2. The Morgan fingerprint density at radius 1 is 1.36 bits per heavy atom. The zero-order chi connectivity index (χ0) is 15.7. The molecule has 6 nitrogen and oxygen atoms in total. The monoisotopic (exact) mass is 304 g/mol. The molecule has 6 heteroatoms. The summed E-state index contributed by atoms with van der Waals surface area (Å²) in [7, 11) is 0. The summed E-state index contributed by atoms with van der Waals surface area (Å²) in [6.45, 7) is 3.79. The van der Waals surface area contributed by atoms with Gasteiger partial charge in [0.1, 0.15) is 5.60 Å². The maximum atomic E-state index is 11.7. The lowest BCUT2D eigenvalue weighted by atomic mass is 10.0. The molecule has 3 rings (SSSR count). The molecule has 1 aliphatic heterocycles. The lowest BCUT2D eigenvalue weighted by Crippen LogP contribution is -2.42. The molecule has 0 unspecified atom stereocenters. The minimum atomic E-state index is -0.479. The summed E-state index contributed by atoms with van der Waals surface area (Å²) in [5.74, 6) is 0.733. The Morgan fingerprint density at radius 3 is 2.86 bits per heavy atom. The number of hydrogen-bond donors (Lipinski definition) is 2. The van der Waals surface area contributed by atoms with Gasteiger partial charge < -0.3 is 14.8 Å². The van der Waals surface area contributed by atoms with Crippen LogP contribution in [0.4, 0.5) is 4.79 Å². The molecule has 0 radical (unpaired) electrons. The predicted octanol–water partition coefficient (Wildman–Crippen LogP) is 1.77. The quantitative estimate of drug-likeness (QED) is 0.889. The fourth-order valence-electron chi connectivity index (χ4n) is 2.46. The Labute approximate surface area is 129 Å². The summed E-state index contributed by atoms with van der Waals surface area (Å²) in [5.41, 5.74) is 0.795. The highest BCUT2D eigenvalue weighted by molar-refractivity contribution is 5.95. The van der Waals surface area contributed by atoms with E-state index in [4.69, 9.17) is 9.47 Å². The molecule has 1 aliphatic carbocycles. The second-order valence-electron chi connectivity index (χ2n) is 6.37. The van der Waals surface area contributed by atoms with Crippen LogP contribution < -0.4 is 20.1 Å². The van der Waals surface area contributed by atoms with Crippen LogP contribution in [-0.4, -0.2) is 30.2 Å². The average molecular weight is 304 g/mol. The molecule has 2 N–H and O–H groups in total. The van der Waals surface area contributed by atoms with E-state index >= 15 is 0 Å². The van der Waals surface area contributed by atoms with Crippen molar-refractivity contribution in [3.63, 3.8) is 0 Å². The molecule has 118 valence electrons. The van der Waals surface area contributed by atoms with Crippen LogP contribution in [0.5, 0.6) is 11.5 Å². The van der Waals surface area contributed by atoms with Crippen LogP contribution in [0.25, 0.3) is 0 Å². The van der Waals surface area contributed by atoms with Gasteiger partial charge in [0.2, 0.25) is 0 Å². The van der Waals surface area contributed by atoms with Gasteiger partial charge in [0, 0.05) is 18.0 Å². The number of urea groups is 1. The van der Waals surface area contributed by atoms with Crippen molar-refractivity contribution >= 4 is 11.9 Å². The third kappa shape index (κ3) is 3.50. The van der Waals surface area contributed by atoms with E-state index in [0.29, 0.717) is 11.5 Å². The van der Waals surface area contributed by atoms with Crippen molar-refractivity contribution in [2.24, 2.45) is 0 Å². The molecule has 3 amide bonds. The SMILES string of the molecule is CC1(C)Cc2cccc(OCC(=O)NC(=O)NC3CC3)c2O1. The van der Waals surface area contributed by atoms with Gasteiger partial charge >= 0.3 is 6.03 Å². The maximum absolute atomic E-state index is 11.7. The van der Waals surface area contributed by atoms with Gasteiger partial charge in [-0.25, -0.2) is 4.79 Å². The zero-order valence-electron chi connectivity index (χ0n) is 12.8. The number of rotatable bonds is 4. The van der Waals surface area contributed by atoms with Gasteiger partial charge in [-0.05, 0) is 32.8 Å². The molecule has 1 aromatic carbocycles. The summed E-state index contributed by atoms with van der Waals surface area (Å²) in [4.78, 5) is 23.2. The van der Waals surface area contributed by atoms with Crippen LogP contribution >= 0.6 is 0 Å². The van der Waals surface area contributed by atoms with E-state index in [2.05, 4.69) is 10.6 Å². The molecule has 0 bridgehead atoms. The van der Waals surface area contributed by atoms with Crippen LogP contribution in [0.1, 0.15) is 32.3 Å². The lowest BCUT2D eigenvalue weighted by Gasteiger charge is -2.18. The van der Waals surface area contributed by atoms with Crippen LogP contribution in [-0.2, 0) is 11.2 Å². The van der Waals surface area contributed by atoms with Crippen molar-refractivity contribution in [3.05, 3.63) is 23.8 Å². The fraction of sp³-hybridized carbons (Fsp3) is 0.500. The van der Waals surface area contributed by atoms with E-state index in [0.717, 1.165) is 24.8 Å². The summed E-state index contributed by atoms with van der Waals surface area (Å²) in [5, 5.41) is 4.93. The fourth-order valence-corrected chi connectivity index (χ4v) is 2.46. The minimum absolute atomic E-state index is 0.210. The van der Waals surface area contributed by atoms with Crippen molar-refractivity contribution < 1.29 is 19.1 Å². The Hall–Kier alpha value is -2.24. The van der Waals surface area contributed by atoms with E-state index in [9.17, 15) is 9.59 Å². The number of hydrogen-bond acceptors (Lipinski definition) is 4. The number of ether oxygens (including phenoxy) is 2. The van der Waals surface area contributed by atoms with E-state index in [1.54, 1.807) is 6.07 Å². The second kappa shape index (κ2) is 5.51. The number of fused-ring (bicyclic) bond motifs is 1. The number of para-hydroxylation sites is 1. The standard InChI is InChI=1S/C16H20N2O4/c1-16(2)8-10-4-3-5-12(14(10)22-16)21-9-13(19)18-15(20)17-11-6-7-11/h3-5,11H,6-9H2,1-2H3,(H2,17,18,19,20). The van der Waals surface area contributed by atoms with Gasteiger partial charge in [0.15, 0.2) is 18.1 Å². The van der Waals surface area contributed by atoms with Gasteiger partial charge in [-0.3, -0.25) is 10.1 Å². The van der Waals surface area contributed by atoms with Crippen molar-refractivity contribution in [2.75, 3.05) is 6.61 Å². The van der Waals surface area contributed by atoms with Crippen molar-refractivity contribution in [1.82, 2.24) is 10.6 Å². The van der Waals surface area contributed by atoms with E-state index in [1.165, 1.54) is 0 Å². The Bertz CT molecular complexity index is 608. The number of amides is 3. The largest absolute Gasteiger partial charge is 0.483 e. The van der Waals surface area contributed by atoms with Crippen molar-refractivity contribution in [1.29, 1.82) is 0 Å². The molecule has 1 aromatic rings. The van der Waals surface area contributed by atoms with Crippen LogP contribution in [0, 0.1) is 0 Å². The van der Waals surface area contributed by atoms with Crippen LogP contribution in [0.15, 0.2) is 18.2 Å². The summed E-state index contributed by atoms with van der Waals surface area (Å²) in [6, 6.07) is 5.36. The van der Waals surface area contributed by atoms with Crippen molar-refractivity contribution in [3.8, 4) is 11.5 Å². The number of carbonyl (C=O) groups is 2. The average Bonchev–Trinajstić information content (AvgIpc) is 3.16. The third-order valence-corrected chi connectivity index (χ3v) is 3.58. The first kappa shape index (κ1) is 14.7. The highest BCUT2D eigenvalue weighted by atomic mass is 16.5. The smallest absolute Gasteiger partial charge is 0.321 e. The first-order valence-electron chi connectivity index (χ1n) is 7.47. The highest BCUT2D eigenvalue weighted by Gasteiger charge is 2.32. The molecule has 22 heavy (non-hydrogen) atoms. The number of benzene rings is 1. The normalized spacial score (nSPS) is 18.1. The Kier molecular flexibility index (Phi) is 3.68. The molecule has 0 spiro atoms. The topological polar surface area (TPSA) is 76.7 Å². The number of imide groups is 1. The first-order valence-corrected chi connectivity index (χ1v) is 7.47. The van der Waals surface area contributed by atoms with Gasteiger partial charge in [-0.2, -0.15) is 0 Å². The predicted molar refractivity (Wildman–Crippen MR) is 80.0 cm³/mol. The minimum Gasteiger partial charge on any atom is -0.483 e. The zero-order valence-corrected chi connectivity index (χ0v) is 12.8. The maximum Gasteiger partial charge on any atom is 0.321 e.